The van der Waals surface area contributed by atoms with Crippen molar-refractivity contribution in [2.75, 3.05) is 11.1 Å². The highest BCUT2D eigenvalue weighted by Crippen LogP contribution is 2.28. The molecule has 0 saturated heterocycles. The minimum absolute atomic E-state index is 0.141. The molecule has 2 heterocycles. The van der Waals surface area contributed by atoms with Gasteiger partial charge in [-0.25, -0.2) is 9.07 Å². The number of thioether (sulfide) groups is 1. The Morgan fingerprint density at radius 3 is 2.46 bits per heavy atom. The number of hydrogen-bond donors (Lipinski definition) is 1. The van der Waals surface area contributed by atoms with Crippen LogP contribution in [0.5, 0.6) is 0 Å². The van der Waals surface area contributed by atoms with Gasteiger partial charge in [0.25, 0.3) is 0 Å². The largest absolute Gasteiger partial charge is 0.322 e. The van der Waals surface area contributed by atoms with E-state index in [1.54, 1.807) is 18.2 Å². The fraction of sp³-hybridized carbons (Fsp3) is 0.308. The summed E-state index contributed by atoms with van der Waals surface area (Å²) in [5.41, 5.74) is 4.80. The Labute approximate surface area is 208 Å². The standard InChI is InChI=1S/C26H29FN6OS/c1-16(2)14-32-25(21-8-6-7-9-22(21)27)29-30-26(32)35-15-23(34)28-24-18(4)31-33(19(24)5)20-12-10-17(3)11-13-20/h6-13,16H,14-15H2,1-5H3,(H,28,34). The fourth-order valence-corrected chi connectivity index (χ4v) is 4.58. The van der Waals surface area contributed by atoms with E-state index in [2.05, 4.69) is 34.5 Å². The molecule has 0 radical (unpaired) electrons. The van der Waals surface area contributed by atoms with Gasteiger partial charge < -0.3 is 9.88 Å². The number of halogens is 1. The van der Waals surface area contributed by atoms with E-state index in [1.807, 2.05) is 54.3 Å². The molecule has 0 atom stereocenters. The molecule has 0 aliphatic heterocycles. The van der Waals surface area contributed by atoms with Crippen LogP contribution in [0.25, 0.3) is 17.1 Å². The number of nitrogens with zero attached hydrogens (tertiary/aromatic N) is 5. The van der Waals surface area contributed by atoms with Crippen molar-refractivity contribution in [3.05, 3.63) is 71.3 Å². The maximum Gasteiger partial charge on any atom is 0.234 e. The Balaban J connectivity index is 1.51. The third kappa shape index (κ3) is 5.45. The number of nitrogens with one attached hydrogen (secondary N) is 1. The molecule has 0 aliphatic rings. The molecule has 4 rings (SSSR count). The van der Waals surface area contributed by atoms with Crippen LogP contribution in [0.1, 0.15) is 30.8 Å². The summed E-state index contributed by atoms with van der Waals surface area (Å²) in [6.45, 7) is 10.6. The van der Waals surface area contributed by atoms with Gasteiger partial charge in [0.2, 0.25) is 5.91 Å². The van der Waals surface area contributed by atoms with Crippen molar-refractivity contribution in [3.8, 4) is 17.1 Å². The molecule has 0 bridgehead atoms. The van der Waals surface area contributed by atoms with Gasteiger partial charge in [0.05, 0.1) is 34.1 Å². The SMILES string of the molecule is Cc1ccc(-n2nc(C)c(NC(=O)CSc3nnc(-c4ccccc4F)n3CC(C)C)c2C)cc1. The van der Waals surface area contributed by atoms with Gasteiger partial charge in [-0.1, -0.05) is 55.4 Å². The molecule has 0 unspecified atom stereocenters. The highest BCUT2D eigenvalue weighted by atomic mass is 32.2. The van der Waals surface area contributed by atoms with Gasteiger partial charge in [0, 0.05) is 6.54 Å². The molecule has 1 amide bonds. The molecule has 0 aliphatic carbocycles. The molecule has 4 aromatic rings. The summed E-state index contributed by atoms with van der Waals surface area (Å²) in [7, 11) is 0. The van der Waals surface area contributed by atoms with Gasteiger partial charge in [-0.3, -0.25) is 4.79 Å². The summed E-state index contributed by atoms with van der Waals surface area (Å²) in [5, 5.41) is 16.7. The van der Waals surface area contributed by atoms with Crippen LogP contribution < -0.4 is 5.32 Å². The average molecular weight is 493 g/mol. The van der Waals surface area contributed by atoms with E-state index in [9.17, 15) is 9.18 Å². The number of carbonyl (C=O) groups excluding carboxylic acids is 1. The zero-order valence-corrected chi connectivity index (χ0v) is 21.4. The predicted octanol–water partition coefficient (Wildman–Crippen LogP) is 5.58. The van der Waals surface area contributed by atoms with Gasteiger partial charge in [-0.05, 0) is 51.0 Å². The Hall–Kier alpha value is -3.46. The smallest absolute Gasteiger partial charge is 0.234 e. The molecule has 182 valence electrons. The number of benzene rings is 2. The second kappa shape index (κ2) is 10.4. The Morgan fingerprint density at radius 2 is 1.77 bits per heavy atom. The van der Waals surface area contributed by atoms with Crippen molar-refractivity contribution >= 4 is 23.4 Å². The highest BCUT2D eigenvalue weighted by Gasteiger charge is 2.20. The fourth-order valence-electron chi connectivity index (χ4n) is 3.83. The topological polar surface area (TPSA) is 77.6 Å². The monoisotopic (exact) mass is 492 g/mol. The van der Waals surface area contributed by atoms with Crippen molar-refractivity contribution < 1.29 is 9.18 Å². The summed E-state index contributed by atoms with van der Waals surface area (Å²) in [5.74, 6) is 0.377. The van der Waals surface area contributed by atoms with Crippen LogP contribution in [0.2, 0.25) is 0 Å². The molecule has 1 N–H and O–H groups in total. The third-order valence-electron chi connectivity index (χ3n) is 5.55. The van der Waals surface area contributed by atoms with Crippen LogP contribution in [0.4, 0.5) is 10.1 Å². The molecule has 9 heteroatoms. The van der Waals surface area contributed by atoms with Crippen LogP contribution in [0.15, 0.2) is 53.7 Å². The number of anilines is 1. The summed E-state index contributed by atoms with van der Waals surface area (Å²) >= 11 is 1.28. The summed E-state index contributed by atoms with van der Waals surface area (Å²) < 4.78 is 18.1. The molecular weight excluding hydrogens is 463 g/mol. The lowest BCUT2D eigenvalue weighted by Crippen LogP contribution is -2.16. The van der Waals surface area contributed by atoms with Crippen LogP contribution in [0, 0.1) is 32.5 Å². The van der Waals surface area contributed by atoms with Gasteiger partial charge in [-0.15, -0.1) is 10.2 Å². The summed E-state index contributed by atoms with van der Waals surface area (Å²) in [4.78, 5) is 12.9. The van der Waals surface area contributed by atoms with Crippen molar-refractivity contribution in [1.82, 2.24) is 24.5 Å². The van der Waals surface area contributed by atoms with Crippen LogP contribution in [0.3, 0.4) is 0 Å². The number of rotatable bonds is 8. The average Bonchev–Trinajstić information content (AvgIpc) is 3.33. The van der Waals surface area contributed by atoms with Gasteiger partial charge >= 0.3 is 0 Å². The Bertz CT molecular complexity index is 1340. The maximum atomic E-state index is 14.4. The summed E-state index contributed by atoms with van der Waals surface area (Å²) in [6.07, 6.45) is 0. The molecule has 0 saturated carbocycles. The molecular formula is C26H29FN6OS. The number of aryl methyl sites for hydroxylation is 2. The second-order valence-electron chi connectivity index (χ2n) is 8.92. The lowest BCUT2D eigenvalue weighted by atomic mass is 10.2. The highest BCUT2D eigenvalue weighted by molar-refractivity contribution is 7.99. The van der Waals surface area contributed by atoms with E-state index in [0.717, 1.165) is 17.1 Å². The van der Waals surface area contributed by atoms with E-state index >= 15 is 0 Å². The van der Waals surface area contributed by atoms with Crippen molar-refractivity contribution in [3.63, 3.8) is 0 Å². The normalized spacial score (nSPS) is 11.3. The Morgan fingerprint density at radius 1 is 1.06 bits per heavy atom. The van der Waals surface area contributed by atoms with Crippen molar-refractivity contribution in [2.24, 2.45) is 5.92 Å². The molecule has 35 heavy (non-hydrogen) atoms. The first-order valence-corrected chi connectivity index (χ1v) is 12.5. The number of hydrogen-bond acceptors (Lipinski definition) is 5. The van der Waals surface area contributed by atoms with E-state index in [1.165, 1.54) is 23.4 Å². The first-order chi connectivity index (χ1) is 16.7. The predicted molar refractivity (Wildman–Crippen MR) is 137 cm³/mol. The Kier molecular flexibility index (Phi) is 7.35. The first kappa shape index (κ1) is 24.7. The zero-order valence-electron chi connectivity index (χ0n) is 20.5. The number of carbonyl (C=O) groups is 1. The zero-order chi connectivity index (χ0) is 25.1. The summed E-state index contributed by atoms with van der Waals surface area (Å²) in [6, 6.07) is 14.6. The van der Waals surface area contributed by atoms with Gasteiger partial charge in [-0.2, -0.15) is 5.10 Å². The molecule has 0 spiro atoms. The quantitative estimate of drug-likeness (QED) is 0.325. The molecule has 2 aromatic carbocycles. The van der Waals surface area contributed by atoms with E-state index in [0.29, 0.717) is 34.7 Å². The van der Waals surface area contributed by atoms with Crippen molar-refractivity contribution in [2.45, 2.75) is 46.3 Å². The van der Waals surface area contributed by atoms with E-state index < -0.39 is 0 Å². The lowest BCUT2D eigenvalue weighted by molar-refractivity contribution is -0.113. The maximum absolute atomic E-state index is 14.4. The molecule has 0 fully saturated rings. The van der Waals surface area contributed by atoms with Crippen LogP contribution >= 0.6 is 11.8 Å². The van der Waals surface area contributed by atoms with Crippen molar-refractivity contribution in [1.29, 1.82) is 0 Å². The minimum atomic E-state index is -0.351. The van der Waals surface area contributed by atoms with Crippen LogP contribution in [-0.4, -0.2) is 36.2 Å². The van der Waals surface area contributed by atoms with E-state index in [-0.39, 0.29) is 17.5 Å². The van der Waals surface area contributed by atoms with E-state index in [4.69, 9.17) is 0 Å². The number of aromatic nitrogens is 5. The molecule has 7 nitrogen and oxygen atoms in total. The minimum Gasteiger partial charge on any atom is -0.322 e. The van der Waals surface area contributed by atoms with Gasteiger partial charge in [0.15, 0.2) is 11.0 Å². The van der Waals surface area contributed by atoms with Gasteiger partial charge in [0.1, 0.15) is 5.82 Å². The number of amides is 1. The third-order valence-corrected chi connectivity index (χ3v) is 6.51. The van der Waals surface area contributed by atoms with Crippen LogP contribution in [-0.2, 0) is 11.3 Å². The first-order valence-electron chi connectivity index (χ1n) is 11.5. The molecule has 2 aromatic heterocycles. The second-order valence-corrected chi connectivity index (χ2v) is 9.86. The lowest BCUT2D eigenvalue weighted by Gasteiger charge is -2.13.